The SMILES string of the molecule is C[C]1([Zr+2][C]2=CC=CC2)C=Cc2ccccc21.[F-].[F-]. The molecule has 2 aliphatic carbocycles. The van der Waals surface area contributed by atoms with Crippen molar-refractivity contribution in [3.8, 4) is 0 Å². The van der Waals surface area contributed by atoms with Gasteiger partial charge in [-0.1, -0.05) is 0 Å². The van der Waals surface area contributed by atoms with Crippen molar-refractivity contribution in [1.82, 2.24) is 0 Å². The van der Waals surface area contributed by atoms with Crippen LogP contribution in [-0.2, 0) is 26.4 Å². The molecule has 1 aromatic carbocycles. The first-order valence-corrected chi connectivity index (χ1v) is 8.16. The number of hydrogen-bond donors (Lipinski definition) is 0. The molecule has 0 saturated carbocycles. The van der Waals surface area contributed by atoms with Crippen LogP contribution >= 0.6 is 0 Å². The maximum atomic E-state index is 2.43. The minimum Gasteiger partial charge on any atom is -1.00 e. The fraction of sp³-hybridized carbons (Fsp3) is 0.200. The van der Waals surface area contributed by atoms with Crippen LogP contribution in [-0.4, -0.2) is 0 Å². The zero-order valence-corrected chi connectivity index (χ0v) is 12.6. The summed E-state index contributed by atoms with van der Waals surface area (Å²) in [6.45, 7) is 2.42. The smallest absolute Gasteiger partial charge is 1.00 e. The van der Waals surface area contributed by atoms with E-state index in [4.69, 9.17) is 0 Å². The molecule has 0 spiro atoms. The summed E-state index contributed by atoms with van der Waals surface area (Å²) in [7, 11) is 0. The Kier molecular flexibility index (Phi) is 4.98. The average molecular weight is 323 g/mol. The topological polar surface area (TPSA) is 0 Å². The molecule has 3 rings (SSSR count). The molecule has 0 nitrogen and oxygen atoms in total. The van der Waals surface area contributed by atoms with Gasteiger partial charge in [0.05, 0.1) is 0 Å². The van der Waals surface area contributed by atoms with E-state index in [-0.39, 0.29) is 9.41 Å². The van der Waals surface area contributed by atoms with Crippen molar-refractivity contribution in [2.45, 2.75) is 16.5 Å². The monoisotopic (exact) mass is 322 g/mol. The van der Waals surface area contributed by atoms with Crippen LogP contribution in [0.25, 0.3) is 6.08 Å². The first-order chi connectivity index (χ1) is 7.78. The molecular formula is C15H14F2Zr. The first-order valence-electron chi connectivity index (χ1n) is 5.71. The number of allylic oxidation sites excluding steroid dienone is 5. The van der Waals surface area contributed by atoms with Crippen LogP contribution in [0.2, 0.25) is 0 Å². The molecule has 1 atom stereocenters. The Morgan fingerprint density at radius 2 is 1.94 bits per heavy atom. The Hall–Kier alpha value is -0.817. The number of rotatable bonds is 2. The maximum absolute atomic E-state index is 2.43. The fourth-order valence-corrected chi connectivity index (χ4v) is 6.37. The molecule has 0 bridgehead atoms. The van der Waals surface area contributed by atoms with Crippen LogP contribution < -0.4 is 9.41 Å². The van der Waals surface area contributed by atoms with Crippen LogP contribution in [0.5, 0.6) is 0 Å². The van der Waals surface area contributed by atoms with Crippen molar-refractivity contribution < 1.29 is 32.6 Å². The van der Waals surface area contributed by atoms with Gasteiger partial charge < -0.3 is 9.41 Å². The second-order valence-corrected chi connectivity index (χ2v) is 9.32. The molecule has 0 fully saturated rings. The Labute approximate surface area is 118 Å². The number of halogens is 2. The van der Waals surface area contributed by atoms with Gasteiger partial charge in [-0.3, -0.25) is 0 Å². The number of benzene rings is 1. The minimum absolute atomic E-state index is 0. The van der Waals surface area contributed by atoms with E-state index in [1.165, 1.54) is 12.0 Å². The van der Waals surface area contributed by atoms with Crippen LogP contribution in [0, 0.1) is 0 Å². The van der Waals surface area contributed by atoms with Crippen molar-refractivity contribution in [2.75, 3.05) is 0 Å². The molecule has 1 unspecified atom stereocenters. The van der Waals surface area contributed by atoms with E-state index in [9.17, 15) is 0 Å². The predicted molar refractivity (Wildman–Crippen MR) is 64.7 cm³/mol. The minimum atomic E-state index is -0.537. The summed E-state index contributed by atoms with van der Waals surface area (Å²) in [4.78, 5) is 0. The standard InChI is InChI=1S/C10H9.C5H5.2FH.Zr/c1-8-6-7-9-4-2-3-5-10(8)9;1-2-4-5-3-1;;;/h2-7H,1H3;1-3H,4H2;2*1H;/q;;;;+2/p-2. The van der Waals surface area contributed by atoms with E-state index in [2.05, 4.69) is 61.6 Å². The molecule has 0 aromatic heterocycles. The summed E-state index contributed by atoms with van der Waals surface area (Å²) in [5, 5.41) is 0. The molecular weight excluding hydrogens is 309 g/mol. The van der Waals surface area contributed by atoms with Crippen molar-refractivity contribution in [2.24, 2.45) is 0 Å². The van der Waals surface area contributed by atoms with Crippen LogP contribution in [0.3, 0.4) is 0 Å². The van der Waals surface area contributed by atoms with Gasteiger partial charge in [-0.2, -0.15) is 0 Å². The summed E-state index contributed by atoms with van der Waals surface area (Å²) in [5.74, 6) is 0. The third-order valence-electron chi connectivity index (χ3n) is 3.31. The molecule has 2 aliphatic rings. The van der Waals surface area contributed by atoms with Crippen LogP contribution in [0.15, 0.2) is 51.9 Å². The Bertz CT molecular complexity index is 517. The predicted octanol–water partition coefficient (Wildman–Crippen LogP) is -2.14. The second kappa shape index (κ2) is 5.88. The summed E-state index contributed by atoms with van der Waals surface area (Å²) in [6.07, 6.45) is 12.8. The normalized spacial score (nSPS) is 22.6. The van der Waals surface area contributed by atoms with Gasteiger partial charge in [0.25, 0.3) is 0 Å². The molecule has 0 amide bonds. The summed E-state index contributed by atoms with van der Waals surface area (Å²) in [5.41, 5.74) is 2.98. The molecule has 0 heterocycles. The molecule has 0 N–H and O–H groups in total. The van der Waals surface area contributed by atoms with Gasteiger partial charge in [0.2, 0.25) is 0 Å². The van der Waals surface area contributed by atoms with Crippen molar-refractivity contribution >= 4 is 6.08 Å². The number of hydrogen-bond acceptors (Lipinski definition) is 0. The first kappa shape index (κ1) is 15.2. The van der Waals surface area contributed by atoms with Gasteiger partial charge >= 0.3 is 109 Å². The molecule has 0 saturated heterocycles. The Balaban J connectivity index is 0.000000810. The van der Waals surface area contributed by atoms with Crippen molar-refractivity contribution in [1.29, 1.82) is 0 Å². The molecule has 0 radical (unpaired) electrons. The van der Waals surface area contributed by atoms with Gasteiger partial charge in [-0.15, -0.1) is 0 Å². The molecule has 0 aliphatic heterocycles. The van der Waals surface area contributed by atoms with Gasteiger partial charge in [-0.05, 0) is 0 Å². The number of fused-ring (bicyclic) bond motifs is 1. The van der Waals surface area contributed by atoms with E-state index >= 15 is 0 Å². The molecule has 1 aromatic rings. The third kappa shape index (κ3) is 2.61. The summed E-state index contributed by atoms with van der Waals surface area (Å²) >= 11 is -0.537. The Morgan fingerprint density at radius 1 is 1.17 bits per heavy atom. The molecule has 18 heavy (non-hydrogen) atoms. The van der Waals surface area contributed by atoms with Gasteiger partial charge in [0.1, 0.15) is 0 Å². The van der Waals surface area contributed by atoms with Crippen LogP contribution in [0.4, 0.5) is 0 Å². The molecule has 92 valence electrons. The summed E-state index contributed by atoms with van der Waals surface area (Å²) in [6, 6.07) is 8.85. The second-order valence-electron chi connectivity index (χ2n) is 4.57. The van der Waals surface area contributed by atoms with E-state index in [0.29, 0.717) is 3.12 Å². The largest absolute Gasteiger partial charge is 1.00 e. The zero-order valence-electron chi connectivity index (χ0n) is 10.2. The van der Waals surface area contributed by atoms with E-state index < -0.39 is 23.2 Å². The maximum Gasteiger partial charge on any atom is -1.00 e. The van der Waals surface area contributed by atoms with Gasteiger partial charge in [-0.25, -0.2) is 0 Å². The molecule has 3 heteroatoms. The van der Waals surface area contributed by atoms with E-state index in [1.807, 2.05) is 0 Å². The van der Waals surface area contributed by atoms with Crippen LogP contribution in [0.1, 0.15) is 24.5 Å². The average Bonchev–Trinajstić information content (AvgIpc) is 2.89. The zero-order chi connectivity index (χ0) is 11.0. The van der Waals surface area contributed by atoms with Crippen molar-refractivity contribution in [3.63, 3.8) is 0 Å². The van der Waals surface area contributed by atoms with Crippen molar-refractivity contribution in [3.05, 3.63) is 63.0 Å². The van der Waals surface area contributed by atoms with E-state index in [1.54, 1.807) is 8.84 Å². The van der Waals surface area contributed by atoms with Gasteiger partial charge in [0.15, 0.2) is 0 Å². The fourth-order valence-electron chi connectivity index (χ4n) is 2.44. The third-order valence-corrected chi connectivity index (χ3v) is 7.36. The quantitative estimate of drug-likeness (QED) is 0.583. The van der Waals surface area contributed by atoms with E-state index in [0.717, 1.165) is 0 Å². The van der Waals surface area contributed by atoms with Gasteiger partial charge in [0, 0.05) is 0 Å². The summed E-state index contributed by atoms with van der Waals surface area (Å²) < 4.78 is 2.09. The Morgan fingerprint density at radius 3 is 2.67 bits per heavy atom.